The van der Waals surface area contributed by atoms with E-state index >= 15 is 0 Å². The zero-order valence-electron chi connectivity index (χ0n) is 11.2. The minimum absolute atomic E-state index is 0.355. The molecule has 0 radical (unpaired) electrons. The van der Waals surface area contributed by atoms with Crippen LogP contribution in [0, 0.1) is 0 Å². The number of rotatable bonds is 3. The van der Waals surface area contributed by atoms with Crippen molar-refractivity contribution >= 4 is 15.9 Å². The van der Waals surface area contributed by atoms with Gasteiger partial charge < -0.3 is 5.11 Å². The summed E-state index contributed by atoms with van der Waals surface area (Å²) in [6, 6.07) is 6.27. The van der Waals surface area contributed by atoms with Gasteiger partial charge in [-0.25, -0.2) is 0 Å². The number of benzene rings is 1. The Bertz CT molecular complexity index is 446. The van der Waals surface area contributed by atoms with E-state index in [1.807, 2.05) is 12.1 Å². The molecular weight excluding hydrogens is 304 g/mol. The summed E-state index contributed by atoms with van der Waals surface area (Å²) >= 11 is 3.57. The topological polar surface area (TPSA) is 26.7 Å². The summed E-state index contributed by atoms with van der Waals surface area (Å²) in [5.41, 5.74) is 1.18. The second-order valence-electron chi connectivity index (χ2n) is 5.70. The molecule has 3 nitrogen and oxygen atoms in total. The van der Waals surface area contributed by atoms with E-state index in [0.717, 1.165) is 17.1 Å². The SMILES string of the molecule is Oc1ccc(Br)c(CN2CCC(N3CCCC3)C2)c1. The summed E-state index contributed by atoms with van der Waals surface area (Å²) < 4.78 is 1.09. The molecule has 0 bridgehead atoms. The largest absolute Gasteiger partial charge is 0.508 e. The Morgan fingerprint density at radius 1 is 1.21 bits per heavy atom. The number of phenols is 1. The number of phenolic OH excluding ortho intramolecular Hbond substituents is 1. The molecule has 1 aromatic rings. The van der Waals surface area contributed by atoms with E-state index in [9.17, 15) is 5.11 Å². The van der Waals surface area contributed by atoms with Crippen LogP contribution in [-0.2, 0) is 6.54 Å². The highest BCUT2D eigenvalue weighted by molar-refractivity contribution is 9.10. The third-order valence-corrected chi connectivity index (χ3v) is 5.10. The van der Waals surface area contributed by atoms with Gasteiger partial charge in [0.25, 0.3) is 0 Å². The summed E-state index contributed by atoms with van der Waals surface area (Å²) in [6.45, 7) is 5.84. The second kappa shape index (κ2) is 5.81. The van der Waals surface area contributed by atoms with Crippen LogP contribution >= 0.6 is 15.9 Å². The Labute approximate surface area is 123 Å². The van der Waals surface area contributed by atoms with Gasteiger partial charge in [0.2, 0.25) is 0 Å². The van der Waals surface area contributed by atoms with Crippen LogP contribution in [0.1, 0.15) is 24.8 Å². The Kier molecular flexibility index (Phi) is 4.10. The number of hydrogen-bond donors (Lipinski definition) is 1. The van der Waals surface area contributed by atoms with E-state index in [-0.39, 0.29) is 0 Å². The van der Waals surface area contributed by atoms with Crippen LogP contribution in [0.15, 0.2) is 22.7 Å². The lowest BCUT2D eigenvalue weighted by Gasteiger charge is -2.24. The molecule has 1 aromatic carbocycles. The number of nitrogens with zero attached hydrogens (tertiary/aromatic N) is 2. The van der Waals surface area contributed by atoms with Gasteiger partial charge in [-0.3, -0.25) is 9.80 Å². The van der Waals surface area contributed by atoms with Crippen molar-refractivity contribution in [2.24, 2.45) is 0 Å². The van der Waals surface area contributed by atoms with Crippen LogP contribution in [-0.4, -0.2) is 47.1 Å². The molecule has 0 amide bonds. The number of aromatic hydroxyl groups is 1. The fourth-order valence-corrected chi connectivity index (χ4v) is 3.66. The van der Waals surface area contributed by atoms with Gasteiger partial charge in [-0.05, 0) is 56.1 Å². The van der Waals surface area contributed by atoms with Crippen molar-refractivity contribution in [3.05, 3.63) is 28.2 Å². The molecule has 2 fully saturated rings. The average molecular weight is 325 g/mol. The van der Waals surface area contributed by atoms with Crippen molar-refractivity contribution in [1.29, 1.82) is 0 Å². The molecule has 0 saturated carbocycles. The molecule has 1 N–H and O–H groups in total. The molecule has 0 aromatic heterocycles. The molecule has 4 heteroatoms. The van der Waals surface area contributed by atoms with Gasteiger partial charge in [-0.15, -0.1) is 0 Å². The van der Waals surface area contributed by atoms with Gasteiger partial charge in [0.15, 0.2) is 0 Å². The second-order valence-corrected chi connectivity index (χ2v) is 6.55. The number of hydrogen-bond acceptors (Lipinski definition) is 3. The summed E-state index contributed by atoms with van der Waals surface area (Å²) in [7, 11) is 0. The first kappa shape index (κ1) is 13.4. The first-order chi connectivity index (χ1) is 9.22. The fraction of sp³-hybridized carbons (Fsp3) is 0.600. The van der Waals surface area contributed by atoms with E-state index in [1.54, 1.807) is 6.07 Å². The van der Waals surface area contributed by atoms with Crippen molar-refractivity contribution in [1.82, 2.24) is 9.80 Å². The predicted octanol–water partition coefficient (Wildman–Crippen LogP) is 2.82. The molecule has 19 heavy (non-hydrogen) atoms. The maximum atomic E-state index is 9.59. The minimum Gasteiger partial charge on any atom is -0.508 e. The Hall–Kier alpha value is -0.580. The van der Waals surface area contributed by atoms with E-state index in [4.69, 9.17) is 0 Å². The van der Waals surface area contributed by atoms with Crippen LogP contribution in [0.5, 0.6) is 5.75 Å². The van der Waals surface area contributed by atoms with Crippen LogP contribution < -0.4 is 0 Å². The quantitative estimate of drug-likeness (QED) is 0.926. The molecule has 2 aliphatic rings. The lowest BCUT2D eigenvalue weighted by molar-refractivity contribution is 0.229. The number of halogens is 1. The molecule has 1 atom stereocenters. The predicted molar refractivity (Wildman–Crippen MR) is 80.3 cm³/mol. The Morgan fingerprint density at radius 2 is 2.00 bits per heavy atom. The lowest BCUT2D eigenvalue weighted by Crippen LogP contribution is -2.35. The molecule has 0 aliphatic carbocycles. The Morgan fingerprint density at radius 3 is 2.79 bits per heavy atom. The Balaban J connectivity index is 1.60. The van der Waals surface area contributed by atoms with Gasteiger partial charge in [0.05, 0.1) is 0 Å². The monoisotopic (exact) mass is 324 g/mol. The van der Waals surface area contributed by atoms with E-state index in [0.29, 0.717) is 5.75 Å². The van der Waals surface area contributed by atoms with E-state index in [2.05, 4.69) is 25.7 Å². The third-order valence-electron chi connectivity index (χ3n) is 4.33. The first-order valence-corrected chi connectivity index (χ1v) is 7.95. The van der Waals surface area contributed by atoms with Crippen molar-refractivity contribution in [3.63, 3.8) is 0 Å². The van der Waals surface area contributed by atoms with Crippen molar-refractivity contribution in [2.45, 2.75) is 31.8 Å². The van der Waals surface area contributed by atoms with E-state index < -0.39 is 0 Å². The standard InChI is InChI=1S/C15H21BrN2O/c16-15-4-3-14(19)9-12(15)10-17-8-5-13(11-17)18-6-1-2-7-18/h3-4,9,13,19H,1-2,5-8,10-11H2. The summed E-state index contributed by atoms with van der Waals surface area (Å²) in [4.78, 5) is 5.15. The van der Waals surface area contributed by atoms with Crippen molar-refractivity contribution in [3.8, 4) is 5.75 Å². The normalized spacial score (nSPS) is 25.2. The zero-order valence-corrected chi connectivity index (χ0v) is 12.8. The zero-order chi connectivity index (χ0) is 13.2. The molecule has 104 valence electrons. The molecule has 2 saturated heterocycles. The van der Waals surface area contributed by atoms with Crippen molar-refractivity contribution in [2.75, 3.05) is 26.2 Å². The van der Waals surface area contributed by atoms with Gasteiger partial charge in [0, 0.05) is 30.1 Å². The molecule has 3 rings (SSSR count). The molecule has 0 spiro atoms. The highest BCUT2D eigenvalue weighted by Crippen LogP contribution is 2.26. The maximum absolute atomic E-state index is 9.59. The molecule has 1 unspecified atom stereocenters. The maximum Gasteiger partial charge on any atom is 0.115 e. The first-order valence-electron chi connectivity index (χ1n) is 7.16. The van der Waals surface area contributed by atoms with Crippen LogP contribution in [0.4, 0.5) is 0 Å². The summed E-state index contributed by atoms with van der Waals surface area (Å²) in [6.07, 6.45) is 4.03. The van der Waals surface area contributed by atoms with Gasteiger partial charge in [0.1, 0.15) is 5.75 Å². The average Bonchev–Trinajstić information content (AvgIpc) is 3.04. The van der Waals surface area contributed by atoms with Gasteiger partial charge in [-0.2, -0.15) is 0 Å². The lowest BCUT2D eigenvalue weighted by atomic mass is 10.2. The van der Waals surface area contributed by atoms with Crippen LogP contribution in [0.3, 0.4) is 0 Å². The van der Waals surface area contributed by atoms with Crippen molar-refractivity contribution < 1.29 is 5.11 Å². The summed E-state index contributed by atoms with van der Waals surface area (Å²) in [5, 5.41) is 9.59. The highest BCUT2D eigenvalue weighted by atomic mass is 79.9. The fourth-order valence-electron chi connectivity index (χ4n) is 3.28. The van der Waals surface area contributed by atoms with Crippen LogP contribution in [0.2, 0.25) is 0 Å². The highest BCUT2D eigenvalue weighted by Gasteiger charge is 2.29. The van der Waals surface area contributed by atoms with Crippen LogP contribution in [0.25, 0.3) is 0 Å². The number of likely N-dealkylation sites (tertiary alicyclic amines) is 2. The summed E-state index contributed by atoms with van der Waals surface area (Å²) in [5.74, 6) is 0.355. The van der Waals surface area contributed by atoms with Gasteiger partial charge in [-0.1, -0.05) is 15.9 Å². The molecule has 2 aliphatic heterocycles. The van der Waals surface area contributed by atoms with Gasteiger partial charge >= 0.3 is 0 Å². The molecular formula is C15H21BrN2O. The molecule has 2 heterocycles. The smallest absolute Gasteiger partial charge is 0.115 e. The minimum atomic E-state index is 0.355. The van der Waals surface area contributed by atoms with E-state index in [1.165, 1.54) is 51.0 Å². The third kappa shape index (κ3) is 3.12.